The summed E-state index contributed by atoms with van der Waals surface area (Å²) in [6.07, 6.45) is 1.32. The normalized spacial score (nSPS) is 11.0. The summed E-state index contributed by atoms with van der Waals surface area (Å²) >= 11 is 9.14. The number of nitrogens with one attached hydrogen (secondary N) is 1. The quantitative estimate of drug-likeness (QED) is 0.461. The molecule has 26 heavy (non-hydrogen) atoms. The van der Waals surface area contributed by atoms with Crippen molar-refractivity contribution in [3.8, 4) is 11.5 Å². The molecule has 3 aromatic rings. The smallest absolute Gasteiger partial charge is 0.275 e. The Bertz CT molecular complexity index is 1020. The molecule has 132 valence electrons. The highest BCUT2D eigenvalue weighted by Gasteiger charge is 2.13. The number of rotatable bonds is 4. The van der Waals surface area contributed by atoms with Crippen LogP contribution >= 0.6 is 27.5 Å². The highest BCUT2D eigenvalue weighted by atomic mass is 79.9. The van der Waals surface area contributed by atoms with Gasteiger partial charge in [0.05, 0.1) is 23.4 Å². The molecule has 0 bridgehead atoms. The number of nitrogens with zero attached hydrogens (tertiary/aromatic N) is 1. The molecule has 0 radical (unpaired) electrons. The van der Waals surface area contributed by atoms with Gasteiger partial charge < -0.3 is 9.84 Å². The van der Waals surface area contributed by atoms with E-state index in [4.69, 9.17) is 16.3 Å². The molecule has 0 saturated carbocycles. The summed E-state index contributed by atoms with van der Waals surface area (Å²) in [6.45, 7) is 0. The summed E-state index contributed by atoms with van der Waals surface area (Å²) in [5.74, 6) is 0.00451. The molecule has 0 heterocycles. The Morgan fingerprint density at radius 1 is 1.23 bits per heavy atom. The van der Waals surface area contributed by atoms with Crippen molar-refractivity contribution in [1.29, 1.82) is 0 Å². The van der Waals surface area contributed by atoms with Crippen molar-refractivity contribution in [2.45, 2.75) is 0 Å². The number of phenols is 1. The maximum absolute atomic E-state index is 12.5. The van der Waals surface area contributed by atoms with Crippen LogP contribution in [0.15, 0.2) is 58.1 Å². The molecular weight excluding hydrogens is 420 g/mol. The van der Waals surface area contributed by atoms with E-state index in [9.17, 15) is 9.90 Å². The zero-order valence-electron chi connectivity index (χ0n) is 13.7. The number of aromatic hydroxyl groups is 1. The largest absolute Gasteiger partial charge is 0.506 e. The first-order valence-corrected chi connectivity index (χ1v) is 8.75. The number of halogens is 2. The molecule has 0 unspecified atom stereocenters. The highest BCUT2D eigenvalue weighted by Crippen LogP contribution is 2.30. The maximum atomic E-state index is 12.5. The number of ether oxygens (including phenoxy) is 1. The van der Waals surface area contributed by atoms with Gasteiger partial charge in [-0.15, -0.1) is 0 Å². The average Bonchev–Trinajstić information content (AvgIpc) is 2.64. The van der Waals surface area contributed by atoms with E-state index in [0.717, 1.165) is 10.8 Å². The molecule has 0 spiro atoms. The van der Waals surface area contributed by atoms with Crippen LogP contribution in [0.25, 0.3) is 10.8 Å². The van der Waals surface area contributed by atoms with Crippen LogP contribution in [0.5, 0.6) is 11.5 Å². The van der Waals surface area contributed by atoms with Gasteiger partial charge in [0.25, 0.3) is 5.91 Å². The molecule has 0 saturated heterocycles. The molecule has 1 amide bonds. The summed E-state index contributed by atoms with van der Waals surface area (Å²) in [6, 6.07) is 14.3. The zero-order valence-corrected chi connectivity index (χ0v) is 16.0. The fourth-order valence-electron chi connectivity index (χ4n) is 2.47. The average molecular weight is 434 g/mol. The second-order valence-corrected chi connectivity index (χ2v) is 6.71. The van der Waals surface area contributed by atoms with Crippen LogP contribution in [0, 0.1) is 0 Å². The monoisotopic (exact) mass is 432 g/mol. The Balaban J connectivity index is 1.85. The van der Waals surface area contributed by atoms with Gasteiger partial charge in [-0.25, -0.2) is 5.43 Å². The van der Waals surface area contributed by atoms with Crippen LogP contribution in [0.3, 0.4) is 0 Å². The number of amides is 1. The summed E-state index contributed by atoms with van der Waals surface area (Å²) < 4.78 is 5.75. The Labute approximate surface area is 163 Å². The zero-order chi connectivity index (χ0) is 18.7. The lowest BCUT2D eigenvalue weighted by Crippen LogP contribution is -2.18. The summed E-state index contributed by atoms with van der Waals surface area (Å²) in [4.78, 5) is 12.5. The van der Waals surface area contributed by atoms with Crippen molar-refractivity contribution in [1.82, 2.24) is 5.43 Å². The third-order valence-electron chi connectivity index (χ3n) is 3.74. The van der Waals surface area contributed by atoms with Gasteiger partial charge in [-0.3, -0.25) is 4.79 Å². The number of hydrogen-bond donors (Lipinski definition) is 2. The molecule has 0 aliphatic rings. The lowest BCUT2D eigenvalue weighted by molar-refractivity contribution is 0.0952. The minimum Gasteiger partial charge on any atom is -0.506 e. The SMILES string of the molecule is COc1cc2ccccc2cc1C(=O)NN=Cc1cc(Cl)cc(Br)c1O. The van der Waals surface area contributed by atoms with Gasteiger partial charge >= 0.3 is 0 Å². The van der Waals surface area contributed by atoms with Crippen molar-refractivity contribution < 1.29 is 14.6 Å². The molecule has 3 rings (SSSR count). The number of carbonyl (C=O) groups is 1. The van der Waals surface area contributed by atoms with Crippen LogP contribution in [-0.2, 0) is 0 Å². The second kappa shape index (κ2) is 7.76. The van der Waals surface area contributed by atoms with Crippen molar-refractivity contribution in [2.24, 2.45) is 5.10 Å². The molecule has 7 heteroatoms. The van der Waals surface area contributed by atoms with E-state index in [1.165, 1.54) is 19.4 Å². The minimum absolute atomic E-state index is 0.0179. The Morgan fingerprint density at radius 2 is 1.92 bits per heavy atom. The van der Waals surface area contributed by atoms with E-state index >= 15 is 0 Å². The van der Waals surface area contributed by atoms with E-state index in [2.05, 4.69) is 26.5 Å². The Hall–Kier alpha value is -2.57. The minimum atomic E-state index is -0.426. The molecule has 0 aromatic heterocycles. The van der Waals surface area contributed by atoms with E-state index < -0.39 is 5.91 Å². The van der Waals surface area contributed by atoms with E-state index in [0.29, 0.717) is 26.4 Å². The molecule has 2 N–H and O–H groups in total. The summed E-state index contributed by atoms with van der Waals surface area (Å²) in [5, 5.41) is 16.2. The van der Waals surface area contributed by atoms with Crippen LogP contribution < -0.4 is 10.2 Å². The molecule has 0 fully saturated rings. The van der Waals surface area contributed by atoms with Gasteiger partial charge in [0, 0.05) is 10.6 Å². The second-order valence-electron chi connectivity index (χ2n) is 5.42. The van der Waals surface area contributed by atoms with Crippen LogP contribution in [0.4, 0.5) is 0 Å². The number of benzene rings is 3. The van der Waals surface area contributed by atoms with E-state index in [1.54, 1.807) is 18.2 Å². The fourth-order valence-corrected chi connectivity index (χ4v) is 3.30. The highest BCUT2D eigenvalue weighted by molar-refractivity contribution is 9.10. The Morgan fingerprint density at radius 3 is 2.62 bits per heavy atom. The third-order valence-corrected chi connectivity index (χ3v) is 4.56. The topological polar surface area (TPSA) is 70.9 Å². The third kappa shape index (κ3) is 3.81. The van der Waals surface area contributed by atoms with Gasteiger partial charge in [-0.2, -0.15) is 5.10 Å². The standard InChI is InChI=1S/C19H14BrClN2O3/c1-26-17-8-12-5-3-2-4-11(12)7-15(17)19(25)23-22-10-13-6-14(21)9-16(20)18(13)24/h2-10,24H,1H3,(H,23,25). The van der Waals surface area contributed by atoms with Gasteiger partial charge in [0.1, 0.15) is 11.5 Å². The van der Waals surface area contributed by atoms with Crippen LogP contribution in [0.2, 0.25) is 5.02 Å². The number of fused-ring (bicyclic) bond motifs is 1. The summed E-state index contributed by atoms with van der Waals surface area (Å²) in [7, 11) is 1.51. The van der Waals surface area contributed by atoms with Crippen LogP contribution in [0.1, 0.15) is 15.9 Å². The van der Waals surface area contributed by atoms with Gasteiger partial charge in [-0.1, -0.05) is 35.9 Å². The molecule has 0 aliphatic carbocycles. The van der Waals surface area contributed by atoms with Crippen molar-refractivity contribution >= 4 is 50.4 Å². The number of hydrogen-bond acceptors (Lipinski definition) is 4. The molecule has 5 nitrogen and oxygen atoms in total. The van der Waals surface area contributed by atoms with Crippen molar-refractivity contribution in [3.63, 3.8) is 0 Å². The lowest BCUT2D eigenvalue weighted by Gasteiger charge is -2.09. The number of hydrazone groups is 1. The van der Waals surface area contributed by atoms with E-state index in [-0.39, 0.29) is 5.75 Å². The van der Waals surface area contributed by atoms with Crippen LogP contribution in [-0.4, -0.2) is 24.3 Å². The first-order valence-electron chi connectivity index (χ1n) is 7.58. The van der Waals surface area contributed by atoms with Gasteiger partial charge in [0.15, 0.2) is 0 Å². The molecule has 0 aliphatic heterocycles. The molecule has 3 aromatic carbocycles. The Kier molecular flexibility index (Phi) is 5.44. The first kappa shape index (κ1) is 18.2. The predicted octanol–water partition coefficient (Wildman–Crippen LogP) is 4.73. The van der Waals surface area contributed by atoms with Crippen molar-refractivity contribution in [3.05, 3.63) is 69.2 Å². The lowest BCUT2D eigenvalue weighted by atomic mass is 10.1. The van der Waals surface area contributed by atoms with Crippen molar-refractivity contribution in [2.75, 3.05) is 7.11 Å². The van der Waals surface area contributed by atoms with Gasteiger partial charge in [0.2, 0.25) is 0 Å². The maximum Gasteiger partial charge on any atom is 0.275 e. The van der Waals surface area contributed by atoms with E-state index in [1.807, 2.05) is 24.3 Å². The number of methoxy groups -OCH3 is 1. The first-order chi connectivity index (χ1) is 12.5. The summed E-state index contributed by atoms with van der Waals surface area (Å²) in [5.41, 5.74) is 3.17. The molecule has 0 atom stereocenters. The predicted molar refractivity (Wildman–Crippen MR) is 106 cm³/mol. The fraction of sp³-hybridized carbons (Fsp3) is 0.0526. The molecular formula is C19H14BrClN2O3. The number of carbonyl (C=O) groups excluding carboxylic acids is 1. The number of phenolic OH excluding ortho intramolecular Hbond substituents is 1. The van der Waals surface area contributed by atoms with Gasteiger partial charge in [-0.05, 0) is 51.0 Å².